The van der Waals surface area contributed by atoms with Gasteiger partial charge in [-0.15, -0.1) is 0 Å². The fourth-order valence-electron chi connectivity index (χ4n) is 3.47. The van der Waals surface area contributed by atoms with E-state index in [1.807, 2.05) is 0 Å². The number of benzene rings is 1. The summed E-state index contributed by atoms with van der Waals surface area (Å²) in [5.74, 6) is -0.251. The Morgan fingerprint density at radius 1 is 1.34 bits per heavy atom. The highest BCUT2D eigenvalue weighted by molar-refractivity contribution is 6.35. The summed E-state index contributed by atoms with van der Waals surface area (Å²) in [6.07, 6.45) is 1.41. The molecule has 0 saturated carbocycles. The van der Waals surface area contributed by atoms with E-state index in [1.165, 1.54) is 17.2 Å². The number of nitrogens with zero attached hydrogens (tertiary/aromatic N) is 1. The van der Waals surface area contributed by atoms with E-state index >= 15 is 4.39 Å². The highest BCUT2D eigenvalue weighted by atomic mass is 35.5. The van der Waals surface area contributed by atoms with Crippen molar-refractivity contribution in [3.63, 3.8) is 0 Å². The monoisotopic (exact) mass is 424 g/mol. The second-order valence-electron chi connectivity index (χ2n) is 8.52. The lowest BCUT2D eigenvalue weighted by atomic mass is 9.87. The molecule has 3 rings (SSSR count). The van der Waals surface area contributed by atoms with Crippen molar-refractivity contribution in [2.24, 2.45) is 0 Å². The van der Waals surface area contributed by atoms with Gasteiger partial charge in [-0.1, -0.05) is 11.6 Å². The summed E-state index contributed by atoms with van der Waals surface area (Å²) < 4.78 is 25.9. The molecule has 1 aromatic carbocycles. The first-order valence-corrected chi connectivity index (χ1v) is 10.0. The number of furan rings is 1. The molecule has 0 radical (unpaired) electrons. The maximum atomic E-state index is 15.2. The zero-order chi connectivity index (χ0) is 21.4. The van der Waals surface area contributed by atoms with Crippen LogP contribution in [0, 0.1) is 0 Å². The number of nitrogen functional groups attached to an aromatic ring is 1. The Bertz CT molecular complexity index is 927. The van der Waals surface area contributed by atoms with Crippen LogP contribution in [-0.2, 0) is 4.74 Å². The number of nitrogens with two attached hydrogens (primary N) is 1. The number of Topliss-reactive ketones (excluding diaryl/α,β-unsaturated/α-hetero) is 1. The van der Waals surface area contributed by atoms with Gasteiger partial charge in [0.05, 0.1) is 22.5 Å². The Kier molecular flexibility index (Phi) is 5.81. The third kappa shape index (κ3) is 4.83. The average molecular weight is 425 g/mol. The van der Waals surface area contributed by atoms with Gasteiger partial charge in [0.15, 0.2) is 5.78 Å². The molecule has 158 valence electrons. The maximum absolute atomic E-state index is 15.2. The fourth-order valence-corrected chi connectivity index (χ4v) is 3.69. The first kappa shape index (κ1) is 21.4. The number of anilines is 1. The van der Waals surface area contributed by atoms with Crippen LogP contribution in [0.4, 0.5) is 14.9 Å². The topological polar surface area (TPSA) is 85.8 Å². The average Bonchev–Trinajstić information content (AvgIpc) is 3.12. The first-order chi connectivity index (χ1) is 13.5. The van der Waals surface area contributed by atoms with E-state index in [1.54, 1.807) is 26.8 Å². The number of amides is 1. The number of ether oxygens (including phenoxy) is 1. The minimum atomic E-state index is -1.51. The maximum Gasteiger partial charge on any atom is 0.410 e. The van der Waals surface area contributed by atoms with Crippen molar-refractivity contribution in [1.82, 2.24) is 4.90 Å². The molecule has 1 aliphatic heterocycles. The van der Waals surface area contributed by atoms with Crippen LogP contribution >= 0.6 is 11.6 Å². The minimum Gasteiger partial charge on any atom is -0.463 e. The molecule has 6 nitrogen and oxygen atoms in total. The number of hydrogen-bond donors (Lipinski definition) is 1. The molecule has 0 bridgehead atoms. The molecule has 1 amide bonds. The van der Waals surface area contributed by atoms with Crippen LogP contribution in [0.5, 0.6) is 0 Å². The molecule has 8 heteroatoms. The lowest BCUT2D eigenvalue weighted by Gasteiger charge is -2.37. The normalized spacial score (nSPS) is 16.8. The molecule has 0 atom stereocenters. The van der Waals surface area contributed by atoms with E-state index in [9.17, 15) is 9.59 Å². The standard InChI is InChI=1S/C21H26ClFN2O4/c1-20(2,3)29-19(27)25-9-7-21(23,8-10-25)6-4-16(26)14-12-15(22)17(24)13-5-11-28-18(13)14/h5,11-12H,4,6-10,24H2,1-3H3. The summed E-state index contributed by atoms with van der Waals surface area (Å²) in [6, 6.07) is 3.12. The number of piperidine rings is 1. The van der Waals surface area contributed by atoms with Gasteiger partial charge in [0, 0.05) is 24.9 Å². The number of fused-ring (bicyclic) bond motifs is 1. The smallest absolute Gasteiger partial charge is 0.410 e. The Labute approximate surface area is 174 Å². The van der Waals surface area contributed by atoms with Crippen LogP contribution < -0.4 is 5.73 Å². The van der Waals surface area contributed by atoms with Gasteiger partial charge in [0.25, 0.3) is 0 Å². The number of halogens is 2. The van der Waals surface area contributed by atoms with Gasteiger partial charge in [-0.3, -0.25) is 4.79 Å². The Hall–Kier alpha value is -2.28. The summed E-state index contributed by atoms with van der Waals surface area (Å²) in [6.45, 7) is 5.89. The van der Waals surface area contributed by atoms with Crippen molar-refractivity contribution >= 4 is 40.1 Å². The van der Waals surface area contributed by atoms with Gasteiger partial charge in [0.1, 0.15) is 16.9 Å². The zero-order valence-corrected chi connectivity index (χ0v) is 17.6. The molecule has 1 aromatic heterocycles. The van der Waals surface area contributed by atoms with E-state index < -0.39 is 17.4 Å². The van der Waals surface area contributed by atoms with E-state index in [0.29, 0.717) is 22.2 Å². The summed E-state index contributed by atoms with van der Waals surface area (Å²) in [4.78, 5) is 26.4. The molecule has 29 heavy (non-hydrogen) atoms. The van der Waals surface area contributed by atoms with Crippen molar-refractivity contribution in [3.8, 4) is 0 Å². The number of rotatable bonds is 4. The summed E-state index contributed by atoms with van der Waals surface area (Å²) in [5, 5.41) is 0.837. The lowest BCUT2D eigenvalue weighted by Crippen LogP contribution is -2.46. The number of ketones is 1. The highest BCUT2D eigenvalue weighted by Crippen LogP contribution is 2.35. The number of hydrogen-bond acceptors (Lipinski definition) is 5. The van der Waals surface area contributed by atoms with Crippen LogP contribution in [-0.4, -0.2) is 41.1 Å². The van der Waals surface area contributed by atoms with Crippen LogP contribution in [0.1, 0.15) is 56.8 Å². The molecule has 2 heterocycles. The van der Waals surface area contributed by atoms with E-state index in [-0.39, 0.29) is 49.6 Å². The summed E-state index contributed by atoms with van der Waals surface area (Å²) in [5.41, 5.74) is 4.84. The van der Waals surface area contributed by atoms with Crippen LogP contribution in [0.25, 0.3) is 11.0 Å². The molecular formula is C21H26ClFN2O4. The molecule has 1 aliphatic rings. The van der Waals surface area contributed by atoms with Crippen molar-refractivity contribution in [2.45, 2.75) is 57.7 Å². The second kappa shape index (κ2) is 7.86. The first-order valence-electron chi connectivity index (χ1n) is 9.64. The van der Waals surface area contributed by atoms with Crippen LogP contribution in [0.15, 0.2) is 22.8 Å². The van der Waals surface area contributed by atoms with E-state index in [4.69, 9.17) is 26.5 Å². The molecule has 1 saturated heterocycles. The Morgan fingerprint density at radius 3 is 2.62 bits per heavy atom. The van der Waals surface area contributed by atoms with Crippen LogP contribution in [0.3, 0.4) is 0 Å². The van der Waals surface area contributed by atoms with Gasteiger partial charge < -0.3 is 19.8 Å². The lowest BCUT2D eigenvalue weighted by molar-refractivity contribution is 0.00110. The largest absolute Gasteiger partial charge is 0.463 e. The number of carbonyl (C=O) groups excluding carboxylic acids is 2. The van der Waals surface area contributed by atoms with Gasteiger partial charge in [-0.25, -0.2) is 9.18 Å². The number of alkyl halides is 1. The molecule has 1 fully saturated rings. The van der Waals surface area contributed by atoms with Gasteiger partial charge in [0.2, 0.25) is 0 Å². The highest BCUT2D eigenvalue weighted by Gasteiger charge is 2.37. The zero-order valence-electron chi connectivity index (χ0n) is 16.9. The predicted octanol–water partition coefficient (Wildman–Crippen LogP) is 5.37. The predicted molar refractivity (Wildman–Crippen MR) is 110 cm³/mol. The van der Waals surface area contributed by atoms with Gasteiger partial charge in [-0.05, 0) is 52.2 Å². The molecule has 0 unspecified atom stereocenters. The number of carbonyl (C=O) groups is 2. The molecular weight excluding hydrogens is 399 g/mol. The van der Waals surface area contributed by atoms with Crippen molar-refractivity contribution in [1.29, 1.82) is 0 Å². The quantitative estimate of drug-likeness (QED) is 0.526. The third-order valence-electron chi connectivity index (χ3n) is 5.14. The summed E-state index contributed by atoms with van der Waals surface area (Å²) in [7, 11) is 0. The van der Waals surface area contributed by atoms with Gasteiger partial charge >= 0.3 is 6.09 Å². The van der Waals surface area contributed by atoms with Crippen molar-refractivity contribution in [2.75, 3.05) is 18.8 Å². The molecule has 2 aromatic rings. The molecule has 0 aliphatic carbocycles. The number of likely N-dealkylation sites (tertiary alicyclic amines) is 1. The Morgan fingerprint density at radius 2 is 2.00 bits per heavy atom. The molecule has 2 N–H and O–H groups in total. The fraction of sp³-hybridized carbons (Fsp3) is 0.524. The summed E-state index contributed by atoms with van der Waals surface area (Å²) >= 11 is 6.12. The molecule has 0 spiro atoms. The van der Waals surface area contributed by atoms with E-state index in [0.717, 1.165) is 0 Å². The Balaban J connectivity index is 1.61. The van der Waals surface area contributed by atoms with E-state index in [2.05, 4.69) is 0 Å². The van der Waals surface area contributed by atoms with Gasteiger partial charge in [-0.2, -0.15) is 0 Å². The van der Waals surface area contributed by atoms with Crippen LogP contribution in [0.2, 0.25) is 5.02 Å². The third-order valence-corrected chi connectivity index (χ3v) is 5.45. The van der Waals surface area contributed by atoms with Crippen molar-refractivity contribution in [3.05, 3.63) is 29.0 Å². The minimum absolute atomic E-state index is 0.0129. The SMILES string of the molecule is CC(C)(C)OC(=O)N1CCC(F)(CCC(=O)c2cc(Cl)c(N)c3ccoc23)CC1. The van der Waals surface area contributed by atoms with Crippen molar-refractivity contribution < 1.29 is 23.1 Å². The second-order valence-corrected chi connectivity index (χ2v) is 8.93.